The van der Waals surface area contributed by atoms with E-state index in [-0.39, 0.29) is 0 Å². The molecule has 0 rings (SSSR count). The molecule has 0 aliphatic heterocycles. The van der Waals surface area contributed by atoms with E-state index in [1.54, 1.807) is 0 Å². The zero-order chi connectivity index (χ0) is 6.41. The van der Waals surface area contributed by atoms with Crippen LogP contribution in [0, 0.1) is 0 Å². The molecule has 0 aliphatic carbocycles. The van der Waals surface area contributed by atoms with Gasteiger partial charge in [0.15, 0.2) is 0 Å². The molecule has 0 aliphatic rings. The Hall–Kier alpha value is -0.126. The van der Waals surface area contributed by atoms with Crippen molar-refractivity contribution in [2.45, 2.75) is 0 Å². The van der Waals surface area contributed by atoms with Gasteiger partial charge in [0, 0.05) is 0 Å². The lowest BCUT2D eigenvalue weighted by atomic mass is 14.9. The normalized spacial score (nSPS) is 9.38. The third-order valence-electron chi connectivity index (χ3n) is 0.225. The molecular formula is H2O6Si2. The van der Waals surface area contributed by atoms with Crippen molar-refractivity contribution in [3.8, 4) is 0 Å². The lowest BCUT2D eigenvalue weighted by Crippen LogP contribution is -2.20. The van der Waals surface area contributed by atoms with Crippen LogP contribution in [0.2, 0.25) is 0 Å². The van der Waals surface area contributed by atoms with Crippen LogP contribution in [-0.2, 0) is 18.2 Å². The first-order valence-corrected chi connectivity index (χ1v) is 3.47. The summed E-state index contributed by atoms with van der Waals surface area (Å²) in [6, 6.07) is 0. The molecule has 0 saturated heterocycles. The largest absolute Gasteiger partial charge is 0.642 e. The third-order valence-corrected chi connectivity index (χ3v) is 0.925. The van der Waals surface area contributed by atoms with Crippen LogP contribution < -0.4 is 0 Å². The Morgan fingerprint density at radius 3 is 2.62 bits per heavy atom. The highest BCUT2D eigenvalue weighted by atomic mass is 28.3. The fourth-order valence-corrected chi connectivity index (χ4v) is 0.520. The average Bonchev–Trinajstić information content (AvgIpc) is 1.83. The molecule has 0 bridgehead atoms. The minimum absolute atomic E-state index is 1.14. The fourth-order valence-electron chi connectivity index (χ4n) is 0.0679. The van der Waals surface area contributed by atoms with Gasteiger partial charge in [-0.05, 0) is 0 Å². The Labute approximate surface area is 48.4 Å². The van der Waals surface area contributed by atoms with Crippen molar-refractivity contribution < 1.29 is 28.2 Å². The quantitative estimate of drug-likeness (QED) is 0.287. The van der Waals surface area contributed by atoms with Crippen LogP contribution in [0.1, 0.15) is 0 Å². The van der Waals surface area contributed by atoms with E-state index in [9.17, 15) is 4.46 Å². The van der Waals surface area contributed by atoms with Crippen molar-refractivity contribution in [1.82, 2.24) is 0 Å². The SMILES string of the molecule is O=[Si]OO[Si](O)OO. The smallest absolute Gasteiger partial charge is 0.384 e. The molecule has 46 valence electrons. The summed E-state index contributed by atoms with van der Waals surface area (Å²) in [5, 5.41) is 7.55. The number of hydrogen-bond acceptors (Lipinski definition) is 6. The molecule has 0 unspecified atom stereocenters. The predicted molar refractivity (Wildman–Crippen MR) is 20.3 cm³/mol. The van der Waals surface area contributed by atoms with Gasteiger partial charge in [-0.1, -0.05) is 0 Å². The molecule has 6 nitrogen and oxygen atoms in total. The highest BCUT2D eigenvalue weighted by molar-refractivity contribution is 6.34. The molecule has 0 aromatic rings. The van der Waals surface area contributed by atoms with E-state index in [1.807, 2.05) is 0 Å². The second-order valence-electron chi connectivity index (χ2n) is 0.607. The highest BCUT2D eigenvalue weighted by Gasteiger charge is 2.14. The van der Waals surface area contributed by atoms with Crippen molar-refractivity contribution in [2.24, 2.45) is 0 Å². The monoisotopic (exact) mass is 154 g/mol. The first-order chi connectivity index (χ1) is 3.81. The summed E-state index contributed by atoms with van der Waals surface area (Å²) in [4.78, 5) is 8.14. The summed E-state index contributed by atoms with van der Waals surface area (Å²) in [7, 11) is -3.90. The number of rotatable bonds is 4. The molecular weight excluding hydrogens is 152 g/mol. The molecule has 2 N–H and O–H groups in total. The number of hydrogen-bond donors (Lipinski definition) is 2. The Balaban J connectivity index is 2.97. The maximum Gasteiger partial charge on any atom is 0.642 e. The van der Waals surface area contributed by atoms with Crippen molar-refractivity contribution in [2.75, 3.05) is 0 Å². The topological polar surface area (TPSA) is 85.2 Å². The minimum atomic E-state index is -2.75. The Bertz CT molecular complexity index is 61.5. The van der Waals surface area contributed by atoms with Crippen LogP contribution in [0.25, 0.3) is 0 Å². The van der Waals surface area contributed by atoms with Gasteiger partial charge in [0.25, 0.3) is 0 Å². The Kier molecular flexibility index (Phi) is 4.94. The first-order valence-electron chi connectivity index (χ1n) is 1.39. The van der Waals surface area contributed by atoms with Crippen LogP contribution >= 0.6 is 0 Å². The molecule has 0 amide bonds. The summed E-state index contributed by atoms with van der Waals surface area (Å²) in [5.41, 5.74) is 0. The van der Waals surface area contributed by atoms with Gasteiger partial charge < -0.3 is 13.8 Å². The van der Waals surface area contributed by atoms with Crippen molar-refractivity contribution in [1.29, 1.82) is 0 Å². The van der Waals surface area contributed by atoms with Crippen molar-refractivity contribution >= 4 is 19.2 Å². The van der Waals surface area contributed by atoms with Crippen LogP contribution in [-0.4, -0.2) is 29.2 Å². The van der Waals surface area contributed by atoms with Gasteiger partial charge in [0.05, 0.1) is 0 Å². The molecule has 0 fully saturated rings. The van der Waals surface area contributed by atoms with Gasteiger partial charge in [-0.25, -0.2) is 4.58 Å². The summed E-state index contributed by atoms with van der Waals surface area (Å²) in [6.45, 7) is 0. The lowest BCUT2D eigenvalue weighted by molar-refractivity contribution is -0.230. The van der Waals surface area contributed by atoms with E-state index >= 15 is 0 Å². The molecule has 0 saturated carbocycles. The summed E-state index contributed by atoms with van der Waals surface area (Å²) in [5.74, 6) is 0. The lowest BCUT2D eigenvalue weighted by Gasteiger charge is -1.96. The first kappa shape index (κ1) is 7.87. The van der Waals surface area contributed by atoms with Gasteiger partial charge in [-0.3, -0.25) is 5.26 Å². The molecule has 0 atom stereocenters. The molecule has 0 spiro atoms. The Morgan fingerprint density at radius 1 is 1.62 bits per heavy atom. The van der Waals surface area contributed by atoms with E-state index in [2.05, 4.69) is 13.7 Å². The van der Waals surface area contributed by atoms with Gasteiger partial charge in [0.2, 0.25) is 0 Å². The van der Waals surface area contributed by atoms with Crippen LogP contribution in [0.5, 0.6) is 0 Å². The maximum atomic E-state index is 9.40. The van der Waals surface area contributed by atoms with E-state index in [0.717, 1.165) is 0 Å². The van der Waals surface area contributed by atoms with Crippen LogP contribution in [0.15, 0.2) is 0 Å². The maximum absolute atomic E-state index is 9.40. The molecule has 8 heteroatoms. The third kappa shape index (κ3) is 4.04. The van der Waals surface area contributed by atoms with E-state index in [4.69, 9.17) is 10.1 Å². The molecule has 8 heavy (non-hydrogen) atoms. The summed E-state index contributed by atoms with van der Waals surface area (Å²) < 4.78 is 20.0. The zero-order valence-corrected chi connectivity index (χ0v) is 5.53. The molecule has 2 radical (unpaired) electrons. The average molecular weight is 154 g/mol. The minimum Gasteiger partial charge on any atom is -0.384 e. The molecule has 0 aromatic heterocycles. The summed E-state index contributed by atoms with van der Waals surface area (Å²) in [6.07, 6.45) is 0. The highest BCUT2D eigenvalue weighted by Crippen LogP contribution is 1.78. The van der Waals surface area contributed by atoms with Gasteiger partial charge in [-0.2, -0.15) is 4.58 Å². The van der Waals surface area contributed by atoms with E-state index in [1.165, 1.54) is 0 Å². The van der Waals surface area contributed by atoms with E-state index in [0.29, 0.717) is 0 Å². The van der Waals surface area contributed by atoms with Gasteiger partial charge in [-0.15, -0.1) is 0 Å². The van der Waals surface area contributed by atoms with E-state index < -0.39 is 19.2 Å². The van der Waals surface area contributed by atoms with Gasteiger partial charge >= 0.3 is 19.2 Å². The molecule has 0 aromatic carbocycles. The van der Waals surface area contributed by atoms with Crippen molar-refractivity contribution in [3.05, 3.63) is 0 Å². The van der Waals surface area contributed by atoms with Gasteiger partial charge in [0.1, 0.15) is 0 Å². The summed E-state index contributed by atoms with van der Waals surface area (Å²) >= 11 is 0. The van der Waals surface area contributed by atoms with Crippen LogP contribution in [0.4, 0.5) is 0 Å². The second-order valence-corrected chi connectivity index (χ2v) is 1.82. The van der Waals surface area contributed by atoms with Crippen LogP contribution in [0.3, 0.4) is 0 Å². The fraction of sp³-hybridized carbons (Fsp3) is 0. The van der Waals surface area contributed by atoms with Crippen molar-refractivity contribution in [3.63, 3.8) is 0 Å². The predicted octanol–water partition coefficient (Wildman–Crippen LogP) is -1.63. The Morgan fingerprint density at radius 2 is 2.25 bits per heavy atom. The molecule has 0 heterocycles. The second kappa shape index (κ2) is 5.02. The standard InChI is InChI=1S/H2O6Si2/c1-4-8(3)6-5-7-2/h1,3H. The zero-order valence-electron chi connectivity index (χ0n) is 3.53.